The molecule has 0 radical (unpaired) electrons. The molecule has 11 nitrogen and oxygen atoms in total. The van der Waals surface area contributed by atoms with Crippen molar-refractivity contribution in [3.63, 3.8) is 0 Å². The van der Waals surface area contributed by atoms with Crippen LogP contribution < -0.4 is 5.32 Å². The summed E-state index contributed by atoms with van der Waals surface area (Å²) in [4.78, 5) is 27.6. The lowest BCUT2D eigenvalue weighted by molar-refractivity contribution is -0.151. The van der Waals surface area contributed by atoms with Gasteiger partial charge in [-0.1, -0.05) is 38.2 Å². The fraction of sp³-hybridized carbons (Fsp3) is 0.765. The first-order chi connectivity index (χ1) is 21.1. The van der Waals surface area contributed by atoms with Gasteiger partial charge in [0.15, 0.2) is 6.10 Å². The number of aliphatic hydroxyl groups excluding tert-OH is 2. The number of cyclic esters (lactones) is 1. The van der Waals surface area contributed by atoms with Crippen molar-refractivity contribution < 1.29 is 43.9 Å². The predicted octanol–water partition coefficient (Wildman–Crippen LogP) is 3.66. The molecule has 11 heteroatoms. The van der Waals surface area contributed by atoms with Gasteiger partial charge in [-0.05, 0) is 65.5 Å². The monoisotopic (exact) mass is 638 g/mol. The zero-order valence-electron chi connectivity index (χ0n) is 28.5. The summed E-state index contributed by atoms with van der Waals surface area (Å²) < 4.78 is 23.6. The number of rotatable bonds is 11. The van der Waals surface area contributed by atoms with Gasteiger partial charge in [0.25, 0.3) is 0 Å². The second-order valence-electron chi connectivity index (χ2n) is 13.1. The summed E-state index contributed by atoms with van der Waals surface area (Å²) in [6.07, 6.45) is 6.13. The smallest absolute Gasteiger partial charge is 0.410 e. The van der Waals surface area contributed by atoms with E-state index in [1.807, 2.05) is 47.6 Å². The van der Waals surface area contributed by atoms with Crippen LogP contribution in [0.4, 0.5) is 4.79 Å². The normalized spacial score (nSPS) is 31.6. The van der Waals surface area contributed by atoms with Crippen LogP contribution in [0.3, 0.4) is 0 Å². The fourth-order valence-electron chi connectivity index (χ4n) is 5.68. The van der Waals surface area contributed by atoms with Crippen LogP contribution in [0, 0.1) is 5.92 Å². The van der Waals surface area contributed by atoms with Crippen LogP contribution >= 0.6 is 0 Å². The number of hydrogen-bond acceptors (Lipinski definition) is 10. The van der Waals surface area contributed by atoms with E-state index in [9.17, 15) is 24.9 Å². The van der Waals surface area contributed by atoms with Gasteiger partial charge in [0.05, 0.1) is 36.4 Å². The Kier molecular flexibility index (Phi) is 15.7. The highest BCUT2D eigenvalue weighted by molar-refractivity contribution is 5.70. The number of ether oxygens (including phenoxy) is 4. The third kappa shape index (κ3) is 12.8. The molecular weight excluding hydrogens is 580 g/mol. The van der Waals surface area contributed by atoms with Gasteiger partial charge < -0.3 is 44.5 Å². The maximum absolute atomic E-state index is 13.1. The van der Waals surface area contributed by atoms with Crippen molar-refractivity contribution in [3.8, 4) is 0 Å². The van der Waals surface area contributed by atoms with Gasteiger partial charge >= 0.3 is 12.1 Å². The molecular formula is C34H58N2O9. The number of nitrogens with zero attached hydrogens (tertiary/aromatic N) is 1. The molecule has 4 N–H and O–H groups in total. The molecule has 2 aliphatic rings. The number of esters is 1. The first kappa shape index (κ1) is 38.9. The second-order valence-corrected chi connectivity index (χ2v) is 13.1. The van der Waals surface area contributed by atoms with Gasteiger partial charge in [-0.15, -0.1) is 0 Å². The molecule has 0 bridgehead atoms. The Morgan fingerprint density at radius 2 is 1.96 bits per heavy atom. The molecule has 0 aromatic rings. The number of piperazine rings is 1. The van der Waals surface area contributed by atoms with Gasteiger partial charge in [-0.3, -0.25) is 4.79 Å². The second kappa shape index (κ2) is 18.2. The molecule has 0 aromatic carbocycles. The highest BCUT2D eigenvalue weighted by atomic mass is 16.6. The first-order valence-electron chi connectivity index (χ1n) is 16.3. The highest BCUT2D eigenvalue weighted by Gasteiger charge is 2.38. The standard InChI is InChI=1S/C34H58N2O9/c1-9-28(38)26(5)43-25(4)22-33(6,41)15-10-11-23(2)31-24(3)12-13-29(44-32(40)36-19-17-35-18-20-36)34(7,42-8)16-14-27(37)21-30(39)45-31/h10-13,15,24-29,31,35,37-38,41H,9,14,16-22H2,1-8H3/b13-12+,15-10+,23-11+/t24-,25-,26+,27+,28-,29-,31+,33?,34+/m0/s1. The van der Waals surface area contributed by atoms with Gasteiger partial charge in [0.2, 0.25) is 0 Å². The lowest BCUT2D eigenvalue weighted by Gasteiger charge is -2.37. The SMILES string of the molecule is CC[C@H](O)[C@@H](C)O[C@@H](C)CC(C)(O)/C=C/C=C(\C)[C@H]1OC(=O)C[C@H](O)CC[C@@](C)(OC)[C@@H](OC(=O)N2CCNCC2)/C=C/[C@@H]1C. The fourth-order valence-corrected chi connectivity index (χ4v) is 5.68. The van der Waals surface area contributed by atoms with Gasteiger partial charge in [0, 0.05) is 45.6 Å². The average molecular weight is 639 g/mol. The zero-order chi connectivity index (χ0) is 33.8. The molecule has 258 valence electrons. The number of nitrogens with one attached hydrogen (secondary N) is 1. The minimum Gasteiger partial charge on any atom is -0.457 e. The van der Waals surface area contributed by atoms with Crippen LogP contribution in [-0.4, -0.2) is 113 Å². The summed E-state index contributed by atoms with van der Waals surface area (Å²) >= 11 is 0. The number of carbonyl (C=O) groups excluding carboxylic acids is 2. The predicted molar refractivity (Wildman–Crippen MR) is 173 cm³/mol. The summed E-state index contributed by atoms with van der Waals surface area (Å²) in [6, 6.07) is 0. The van der Waals surface area contributed by atoms with E-state index in [1.165, 1.54) is 0 Å². The molecule has 0 aliphatic carbocycles. The van der Waals surface area contributed by atoms with Crippen LogP contribution in [0.15, 0.2) is 36.0 Å². The quantitative estimate of drug-likeness (QED) is 0.150. The Labute approximate surface area is 269 Å². The summed E-state index contributed by atoms with van der Waals surface area (Å²) in [5, 5.41) is 34.9. The summed E-state index contributed by atoms with van der Waals surface area (Å²) in [7, 11) is 1.55. The molecule has 0 saturated carbocycles. The van der Waals surface area contributed by atoms with E-state index in [2.05, 4.69) is 5.32 Å². The minimum atomic E-state index is -1.18. The van der Waals surface area contributed by atoms with Gasteiger partial charge in [0.1, 0.15) is 11.7 Å². The largest absolute Gasteiger partial charge is 0.457 e. The van der Waals surface area contributed by atoms with E-state index in [0.29, 0.717) is 45.4 Å². The van der Waals surface area contributed by atoms with Crippen molar-refractivity contribution in [2.45, 2.75) is 128 Å². The Bertz CT molecular complexity index is 1020. The van der Waals surface area contributed by atoms with E-state index in [1.54, 1.807) is 43.2 Å². The molecule has 2 heterocycles. The lowest BCUT2D eigenvalue weighted by Crippen LogP contribution is -2.50. The molecule has 2 aliphatic heterocycles. The number of amides is 1. The van der Waals surface area contributed by atoms with Crippen LogP contribution in [0.1, 0.15) is 80.6 Å². The van der Waals surface area contributed by atoms with Crippen molar-refractivity contribution in [2.24, 2.45) is 5.92 Å². The van der Waals surface area contributed by atoms with Crippen molar-refractivity contribution in [2.75, 3.05) is 33.3 Å². The Morgan fingerprint density at radius 3 is 2.58 bits per heavy atom. The van der Waals surface area contributed by atoms with Gasteiger partial charge in [-0.25, -0.2) is 4.79 Å². The lowest BCUT2D eigenvalue weighted by atomic mass is 9.88. The number of methoxy groups -OCH3 is 1. The Hall–Kier alpha value is -2.28. The summed E-state index contributed by atoms with van der Waals surface area (Å²) in [5.41, 5.74) is -1.39. The van der Waals surface area contributed by atoms with Crippen molar-refractivity contribution in [1.82, 2.24) is 10.2 Å². The van der Waals surface area contributed by atoms with E-state index in [4.69, 9.17) is 18.9 Å². The minimum absolute atomic E-state index is 0.182. The molecule has 45 heavy (non-hydrogen) atoms. The maximum atomic E-state index is 13.1. The molecule has 1 fully saturated rings. The number of hydrogen-bond donors (Lipinski definition) is 4. The highest BCUT2D eigenvalue weighted by Crippen LogP contribution is 2.30. The maximum Gasteiger partial charge on any atom is 0.410 e. The molecule has 1 amide bonds. The van der Waals surface area contributed by atoms with Crippen LogP contribution in [0.5, 0.6) is 0 Å². The summed E-state index contributed by atoms with van der Waals surface area (Å²) in [6.45, 7) is 15.3. The first-order valence-corrected chi connectivity index (χ1v) is 16.3. The van der Waals surface area contributed by atoms with Crippen molar-refractivity contribution >= 4 is 12.1 Å². The van der Waals surface area contributed by atoms with Crippen LogP contribution in [-0.2, 0) is 23.7 Å². The molecule has 0 aromatic heterocycles. The summed E-state index contributed by atoms with van der Waals surface area (Å²) in [5.74, 6) is -0.843. The topological polar surface area (TPSA) is 147 Å². The molecule has 0 spiro atoms. The Balaban J connectivity index is 2.27. The van der Waals surface area contributed by atoms with E-state index in [0.717, 1.165) is 5.57 Å². The van der Waals surface area contributed by atoms with Crippen molar-refractivity contribution in [3.05, 3.63) is 36.0 Å². The molecule has 1 unspecified atom stereocenters. The average Bonchev–Trinajstić information content (AvgIpc) is 2.99. The van der Waals surface area contributed by atoms with Crippen molar-refractivity contribution in [1.29, 1.82) is 0 Å². The number of carbonyl (C=O) groups is 2. The third-order valence-corrected chi connectivity index (χ3v) is 8.74. The van der Waals surface area contributed by atoms with Gasteiger partial charge in [-0.2, -0.15) is 0 Å². The third-order valence-electron chi connectivity index (χ3n) is 8.74. The number of allylic oxidation sites excluding steroid dienone is 2. The van der Waals surface area contributed by atoms with E-state index in [-0.39, 0.29) is 31.0 Å². The Morgan fingerprint density at radius 1 is 1.29 bits per heavy atom. The van der Waals surface area contributed by atoms with E-state index < -0.39 is 47.7 Å². The number of aliphatic hydroxyl groups is 3. The molecule has 9 atom stereocenters. The zero-order valence-corrected chi connectivity index (χ0v) is 28.5. The van der Waals surface area contributed by atoms with Crippen LogP contribution in [0.25, 0.3) is 0 Å². The molecule has 2 rings (SSSR count). The van der Waals surface area contributed by atoms with E-state index >= 15 is 0 Å². The van der Waals surface area contributed by atoms with Crippen LogP contribution in [0.2, 0.25) is 0 Å². The molecule has 1 saturated heterocycles.